The Hall–Kier alpha value is -1.54. The van der Waals surface area contributed by atoms with Gasteiger partial charge in [-0.3, -0.25) is 0 Å². The Morgan fingerprint density at radius 3 is 1.26 bits per heavy atom. The third-order valence-electron chi connectivity index (χ3n) is 5.88. The molecule has 31 heavy (non-hydrogen) atoms. The first-order valence-electron chi connectivity index (χ1n) is 10.4. The Labute approximate surface area is 200 Å². The number of allylic oxidation sites excluding steroid dienone is 8. The van der Waals surface area contributed by atoms with E-state index < -0.39 is 21.1 Å². The molecule has 0 aromatic heterocycles. The zero-order valence-corrected chi connectivity index (χ0v) is 22.2. The van der Waals surface area contributed by atoms with Crippen molar-refractivity contribution in [3.8, 4) is 11.5 Å². The van der Waals surface area contributed by atoms with E-state index in [4.69, 9.17) is 28.8 Å². The fraction of sp³-hybridized carbons (Fsp3) is 0.231. The second kappa shape index (κ2) is 9.14. The fourth-order valence-corrected chi connectivity index (χ4v) is 15.1. The van der Waals surface area contributed by atoms with Crippen LogP contribution in [0, 0.1) is 0 Å². The summed E-state index contributed by atoms with van der Waals surface area (Å²) in [6, 6.07) is 15.2. The van der Waals surface area contributed by atoms with Crippen LogP contribution in [0.25, 0.3) is 0 Å². The average molecular weight is 533 g/mol. The molecular formula is C26H26Cl2O2Zr. The Morgan fingerprint density at radius 1 is 0.613 bits per heavy atom. The van der Waals surface area contributed by atoms with Crippen LogP contribution in [0.2, 0.25) is 10.0 Å². The summed E-state index contributed by atoms with van der Waals surface area (Å²) in [6.45, 7) is 8.76. The number of rotatable bonds is 6. The summed E-state index contributed by atoms with van der Waals surface area (Å²) in [4.78, 5) is 0. The molecule has 2 aliphatic rings. The van der Waals surface area contributed by atoms with Crippen LogP contribution in [0.4, 0.5) is 0 Å². The van der Waals surface area contributed by atoms with Gasteiger partial charge in [-0.05, 0) is 0 Å². The van der Waals surface area contributed by atoms with Crippen molar-refractivity contribution in [1.29, 1.82) is 0 Å². The maximum atomic E-state index is 7.04. The van der Waals surface area contributed by atoms with Gasteiger partial charge >= 0.3 is 202 Å². The third kappa shape index (κ3) is 4.51. The van der Waals surface area contributed by atoms with Crippen LogP contribution in [-0.2, 0) is 21.1 Å². The molecule has 0 unspecified atom stereocenters. The van der Waals surface area contributed by atoms with Gasteiger partial charge in [0, 0.05) is 0 Å². The standard InChI is InChI=1S/2C7H9.2C6H5ClO.Zr/c2*1-6-3-4-7(2)5-6;2*7-5-1-3-6(8)4-2-5;/h2*3H,4H2,1-2H3;2*1-4,8H;/q;;;;+2/p-2. The van der Waals surface area contributed by atoms with Crippen LogP contribution < -0.4 is 5.63 Å². The predicted molar refractivity (Wildman–Crippen MR) is 126 cm³/mol. The molecule has 5 heteroatoms. The van der Waals surface area contributed by atoms with E-state index in [1.54, 1.807) is 0 Å². The van der Waals surface area contributed by atoms with E-state index in [0.717, 1.165) is 24.3 Å². The Morgan fingerprint density at radius 2 is 0.968 bits per heavy atom. The van der Waals surface area contributed by atoms with Gasteiger partial charge in [-0.2, -0.15) is 0 Å². The van der Waals surface area contributed by atoms with Gasteiger partial charge in [-0.1, -0.05) is 0 Å². The van der Waals surface area contributed by atoms with E-state index in [2.05, 4.69) is 39.8 Å². The summed E-state index contributed by atoms with van der Waals surface area (Å²) in [5.74, 6) is 1.57. The predicted octanol–water partition coefficient (Wildman–Crippen LogP) is 8.68. The molecule has 0 N–H and O–H groups in total. The summed E-state index contributed by atoms with van der Waals surface area (Å²) in [5, 5.41) is 1.37. The maximum absolute atomic E-state index is 7.04. The molecule has 4 rings (SSSR count). The van der Waals surface area contributed by atoms with Crippen LogP contribution in [0.3, 0.4) is 0 Å². The SMILES string of the molecule is CC1=CCC(C)=[C]1[Zr]([O]c1ccc(Cl)cc1)([O]c1ccc(Cl)cc1)[C]1=C(C)CC=C1C. The summed E-state index contributed by atoms with van der Waals surface area (Å²) in [7, 11) is 0. The van der Waals surface area contributed by atoms with Crippen molar-refractivity contribution in [3.63, 3.8) is 0 Å². The summed E-state index contributed by atoms with van der Waals surface area (Å²) in [6.07, 6.45) is 6.44. The van der Waals surface area contributed by atoms with Crippen molar-refractivity contribution in [2.24, 2.45) is 0 Å². The van der Waals surface area contributed by atoms with Gasteiger partial charge in [0.25, 0.3) is 0 Å². The summed E-state index contributed by atoms with van der Waals surface area (Å²) >= 11 is 8.10. The Bertz CT molecular complexity index is 1030. The first-order valence-corrected chi connectivity index (χ1v) is 15.7. The molecule has 2 aromatic carbocycles. The molecule has 2 aromatic rings. The van der Waals surface area contributed by atoms with Crippen molar-refractivity contribution >= 4 is 23.2 Å². The molecule has 2 nitrogen and oxygen atoms in total. The van der Waals surface area contributed by atoms with Gasteiger partial charge in [0.2, 0.25) is 0 Å². The number of hydrogen-bond donors (Lipinski definition) is 0. The molecule has 0 spiro atoms. The topological polar surface area (TPSA) is 18.5 Å². The minimum atomic E-state index is -4.21. The number of benzene rings is 2. The van der Waals surface area contributed by atoms with Gasteiger partial charge in [0.1, 0.15) is 0 Å². The number of halogens is 2. The molecule has 0 bridgehead atoms. The molecule has 0 aliphatic heterocycles. The van der Waals surface area contributed by atoms with E-state index >= 15 is 0 Å². The quantitative estimate of drug-likeness (QED) is 0.371. The van der Waals surface area contributed by atoms with Crippen molar-refractivity contribution < 1.29 is 26.8 Å². The van der Waals surface area contributed by atoms with E-state index in [-0.39, 0.29) is 0 Å². The zero-order valence-electron chi connectivity index (χ0n) is 18.3. The Balaban J connectivity index is 1.95. The van der Waals surface area contributed by atoms with E-state index in [9.17, 15) is 0 Å². The van der Waals surface area contributed by atoms with Gasteiger partial charge in [0.05, 0.1) is 0 Å². The van der Waals surface area contributed by atoms with E-state index in [1.165, 1.54) is 28.9 Å². The number of hydrogen-bond acceptors (Lipinski definition) is 2. The first-order chi connectivity index (χ1) is 14.8. The molecule has 0 amide bonds. The molecular weight excluding hydrogens is 506 g/mol. The minimum absolute atomic E-state index is 0.687. The molecule has 0 saturated carbocycles. The van der Waals surface area contributed by atoms with Crippen LogP contribution in [-0.4, -0.2) is 0 Å². The summed E-state index contributed by atoms with van der Waals surface area (Å²) < 4.78 is 16.6. The Kier molecular flexibility index (Phi) is 6.68. The van der Waals surface area contributed by atoms with Crippen molar-refractivity contribution in [2.75, 3.05) is 0 Å². The van der Waals surface area contributed by atoms with Crippen molar-refractivity contribution in [1.82, 2.24) is 0 Å². The van der Waals surface area contributed by atoms with Gasteiger partial charge in [0.15, 0.2) is 0 Å². The van der Waals surface area contributed by atoms with E-state index in [1.807, 2.05) is 48.5 Å². The molecule has 0 fully saturated rings. The van der Waals surface area contributed by atoms with Crippen molar-refractivity contribution in [3.05, 3.63) is 99.6 Å². The van der Waals surface area contributed by atoms with Crippen LogP contribution in [0.1, 0.15) is 40.5 Å². The fourth-order valence-electron chi connectivity index (χ4n) is 4.46. The van der Waals surface area contributed by atoms with Crippen molar-refractivity contribution in [2.45, 2.75) is 40.5 Å². The molecule has 0 heterocycles. The molecule has 0 atom stereocenters. The third-order valence-corrected chi connectivity index (χ3v) is 16.2. The van der Waals surface area contributed by atoms with Crippen LogP contribution >= 0.6 is 23.2 Å². The first kappa shape index (κ1) is 22.6. The summed E-state index contributed by atoms with van der Waals surface area (Å²) in [5.41, 5.74) is 5.18. The monoisotopic (exact) mass is 530 g/mol. The second-order valence-electron chi connectivity index (χ2n) is 8.22. The van der Waals surface area contributed by atoms with Gasteiger partial charge in [-0.15, -0.1) is 0 Å². The average Bonchev–Trinajstić information content (AvgIpc) is 3.26. The second-order valence-corrected chi connectivity index (χ2v) is 15.6. The molecule has 0 radical (unpaired) electrons. The zero-order chi connectivity index (χ0) is 22.2. The molecule has 0 saturated heterocycles. The van der Waals surface area contributed by atoms with Gasteiger partial charge < -0.3 is 0 Å². The van der Waals surface area contributed by atoms with Crippen LogP contribution in [0.15, 0.2) is 89.5 Å². The van der Waals surface area contributed by atoms with Gasteiger partial charge in [-0.25, -0.2) is 0 Å². The molecule has 2 aliphatic carbocycles. The van der Waals surface area contributed by atoms with E-state index in [0.29, 0.717) is 10.0 Å². The van der Waals surface area contributed by atoms with Crippen LogP contribution in [0.5, 0.6) is 11.5 Å². The molecule has 160 valence electrons. The normalized spacial score (nSPS) is 16.6.